The van der Waals surface area contributed by atoms with Gasteiger partial charge in [-0.05, 0) is 24.3 Å². The van der Waals surface area contributed by atoms with Gasteiger partial charge < -0.3 is 10.4 Å². The van der Waals surface area contributed by atoms with Gasteiger partial charge in [0.15, 0.2) is 5.17 Å². The van der Waals surface area contributed by atoms with Gasteiger partial charge in [0.25, 0.3) is 0 Å². The molecule has 2 aromatic carbocycles. The van der Waals surface area contributed by atoms with Crippen molar-refractivity contribution in [2.45, 2.75) is 7.43 Å². The first-order valence-corrected chi connectivity index (χ1v) is 7.74. The van der Waals surface area contributed by atoms with Crippen LogP contribution in [-0.2, 0) is 0 Å². The molecule has 0 heterocycles. The highest BCUT2D eigenvalue weighted by Crippen LogP contribution is 2.26. The maximum Gasteiger partial charge on any atom is 0.178 e. The molecule has 0 aliphatic heterocycles. The van der Waals surface area contributed by atoms with Crippen LogP contribution in [0, 0.1) is 0 Å². The SMILES string of the molecule is C.O/N=C(\Cl)c1c(Cl)cccc1Cl.O/N=C/c1c(Cl)cccc1Cl. The van der Waals surface area contributed by atoms with Crippen molar-refractivity contribution in [3.63, 3.8) is 0 Å². The Morgan fingerprint density at radius 3 is 1.62 bits per heavy atom. The minimum absolute atomic E-state index is 0. The van der Waals surface area contributed by atoms with Crippen LogP contribution < -0.4 is 0 Å². The van der Waals surface area contributed by atoms with Gasteiger partial charge in [-0.2, -0.15) is 0 Å². The van der Waals surface area contributed by atoms with E-state index in [-0.39, 0.29) is 12.6 Å². The Morgan fingerprint density at radius 2 is 1.25 bits per heavy atom. The lowest BCUT2D eigenvalue weighted by Gasteiger charge is -2.01. The summed E-state index contributed by atoms with van der Waals surface area (Å²) < 4.78 is 0. The van der Waals surface area contributed by atoms with E-state index in [0.717, 1.165) is 0 Å². The van der Waals surface area contributed by atoms with E-state index in [0.29, 0.717) is 31.2 Å². The maximum absolute atomic E-state index is 8.38. The average Bonchev–Trinajstić information content (AvgIpc) is 2.51. The van der Waals surface area contributed by atoms with Crippen molar-refractivity contribution in [3.05, 3.63) is 67.6 Å². The molecule has 0 saturated carbocycles. The van der Waals surface area contributed by atoms with Crippen LogP contribution in [0.1, 0.15) is 18.6 Å². The molecule has 0 fully saturated rings. The van der Waals surface area contributed by atoms with Crippen LogP contribution in [0.2, 0.25) is 20.1 Å². The first kappa shape index (κ1) is 22.8. The number of hydrogen-bond acceptors (Lipinski definition) is 4. The molecular formula is C15H13Cl5N2O2. The molecule has 0 saturated heterocycles. The fourth-order valence-electron chi connectivity index (χ4n) is 1.44. The van der Waals surface area contributed by atoms with E-state index >= 15 is 0 Å². The minimum Gasteiger partial charge on any atom is -0.411 e. The van der Waals surface area contributed by atoms with Crippen molar-refractivity contribution in [2.24, 2.45) is 10.3 Å². The summed E-state index contributed by atoms with van der Waals surface area (Å²) in [6.07, 6.45) is 1.20. The number of rotatable bonds is 2. The Kier molecular flexibility index (Phi) is 10.8. The second-order valence-corrected chi connectivity index (χ2v) is 5.85. The number of halogens is 5. The van der Waals surface area contributed by atoms with Gasteiger partial charge in [0.1, 0.15) is 0 Å². The van der Waals surface area contributed by atoms with E-state index in [4.69, 9.17) is 68.4 Å². The third-order valence-corrected chi connectivity index (χ3v) is 4.00. The van der Waals surface area contributed by atoms with Crippen molar-refractivity contribution in [2.75, 3.05) is 0 Å². The summed E-state index contributed by atoms with van der Waals surface area (Å²) in [6, 6.07) is 9.96. The largest absolute Gasteiger partial charge is 0.411 e. The number of benzene rings is 2. The Balaban J connectivity index is 0.000000425. The van der Waals surface area contributed by atoms with Gasteiger partial charge in [-0.15, -0.1) is 0 Å². The highest BCUT2D eigenvalue weighted by molar-refractivity contribution is 6.71. The molecule has 0 unspecified atom stereocenters. The molecule has 0 amide bonds. The predicted molar refractivity (Wildman–Crippen MR) is 103 cm³/mol. The zero-order valence-electron chi connectivity index (χ0n) is 11.2. The summed E-state index contributed by atoms with van der Waals surface area (Å²) in [4.78, 5) is 0. The second-order valence-electron chi connectivity index (χ2n) is 3.87. The van der Waals surface area contributed by atoms with Crippen molar-refractivity contribution in [1.29, 1.82) is 0 Å². The maximum atomic E-state index is 8.38. The normalized spacial score (nSPS) is 10.8. The molecule has 2 aromatic rings. The molecule has 0 aromatic heterocycles. The van der Waals surface area contributed by atoms with Crippen LogP contribution in [0.4, 0.5) is 0 Å². The van der Waals surface area contributed by atoms with Gasteiger partial charge >= 0.3 is 0 Å². The van der Waals surface area contributed by atoms with Crippen LogP contribution in [-0.4, -0.2) is 21.8 Å². The number of oxime groups is 2. The van der Waals surface area contributed by atoms with Gasteiger partial charge in [-0.1, -0.05) is 87.9 Å². The molecule has 0 bridgehead atoms. The van der Waals surface area contributed by atoms with Crippen LogP contribution in [0.3, 0.4) is 0 Å². The second kappa shape index (κ2) is 11.4. The lowest BCUT2D eigenvalue weighted by atomic mass is 10.2. The van der Waals surface area contributed by atoms with Crippen molar-refractivity contribution in [3.8, 4) is 0 Å². The quantitative estimate of drug-likeness (QED) is 0.312. The molecule has 4 nitrogen and oxygen atoms in total. The van der Waals surface area contributed by atoms with Crippen LogP contribution >= 0.6 is 58.0 Å². The van der Waals surface area contributed by atoms with Crippen LogP contribution in [0.15, 0.2) is 46.7 Å². The molecule has 0 aliphatic carbocycles. The lowest BCUT2D eigenvalue weighted by Crippen LogP contribution is -1.93. The zero-order chi connectivity index (χ0) is 17.4. The first-order valence-electron chi connectivity index (χ1n) is 5.85. The first-order chi connectivity index (χ1) is 10.9. The molecular weight excluding hydrogens is 417 g/mol. The minimum atomic E-state index is -0.120. The summed E-state index contributed by atoms with van der Waals surface area (Å²) in [6.45, 7) is 0. The van der Waals surface area contributed by atoms with Crippen molar-refractivity contribution >= 4 is 69.4 Å². The molecule has 9 heteroatoms. The van der Waals surface area contributed by atoms with E-state index in [2.05, 4.69) is 10.3 Å². The highest BCUT2D eigenvalue weighted by Gasteiger charge is 2.10. The van der Waals surface area contributed by atoms with Gasteiger partial charge in [-0.3, -0.25) is 0 Å². The highest BCUT2D eigenvalue weighted by atomic mass is 35.5. The van der Waals surface area contributed by atoms with Crippen LogP contribution in [0.25, 0.3) is 0 Å². The fraction of sp³-hybridized carbons (Fsp3) is 0.0667. The third kappa shape index (κ3) is 6.38. The molecule has 0 spiro atoms. The van der Waals surface area contributed by atoms with Crippen LogP contribution in [0.5, 0.6) is 0 Å². The van der Waals surface area contributed by atoms with E-state index in [1.165, 1.54) is 6.21 Å². The van der Waals surface area contributed by atoms with Gasteiger partial charge in [0.05, 0.1) is 31.9 Å². The van der Waals surface area contributed by atoms with Crippen molar-refractivity contribution in [1.82, 2.24) is 0 Å². The van der Waals surface area contributed by atoms with Gasteiger partial charge in [-0.25, -0.2) is 0 Å². The summed E-state index contributed by atoms with van der Waals surface area (Å²) in [5, 5.41) is 23.7. The van der Waals surface area contributed by atoms with E-state index in [1.54, 1.807) is 36.4 Å². The van der Waals surface area contributed by atoms with Gasteiger partial charge in [0, 0.05) is 5.56 Å². The molecule has 0 atom stereocenters. The monoisotopic (exact) mass is 428 g/mol. The standard InChI is InChI=1S/C7H4Cl3NO.C7H5Cl2NO.CH4/c8-4-2-1-3-5(9)6(4)7(10)11-12;8-6-2-1-3-7(9)5(6)4-10-11;/h1-3,12H;1-4,11H;1H4/b11-7-;10-4+;. The average molecular weight is 431 g/mol. The molecule has 2 rings (SSSR count). The van der Waals surface area contributed by atoms with Gasteiger partial charge in [0.2, 0.25) is 0 Å². The summed E-state index contributed by atoms with van der Waals surface area (Å²) in [7, 11) is 0. The molecule has 130 valence electrons. The third-order valence-electron chi connectivity index (χ3n) is 2.44. The molecule has 0 radical (unpaired) electrons. The summed E-state index contributed by atoms with van der Waals surface area (Å²) >= 11 is 28.5. The number of nitrogens with zero attached hydrogens (tertiary/aromatic N) is 2. The Hall–Kier alpha value is -1.17. The number of hydrogen-bond donors (Lipinski definition) is 2. The topological polar surface area (TPSA) is 65.2 Å². The lowest BCUT2D eigenvalue weighted by molar-refractivity contribution is 0.321. The van der Waals surface area contributed by atoms with E-state index in [1.807, 2.05) is 0 Å². The van der Waals surface area contributed by atoms with Crippen molar-refractivity contribution < 1.29 is 10.4 Å². The Labute approximate surface area is 164 Å². The molecule has 0 aliphatic rings. The summed E-state index contributed by atoms with van der Waals surface area (Å²) in [5.41, 5.74) is 0.864. The smallest absolute Gasteiger partial charge is 0.178 e. The summed E-state index contributed by atoms with van der Waals surface area (Å²) in [5.74, 6) is 0. The zero-order valence-corrected chi connectivity index (χ0v) is 15.0. The predicted octanol–water partition coefficient (Wildman–Crippen LogP) is 6.81. The molecule has 2 N–H and O–H groups in total. The Morgan fingerprint density at radius 1 is 0.833 bits per heavy atom. The Bertz CT molecular complexity index is 695. The van der Waals surface area contributed by atoms with E-state index < -0.39 is 0 Å². The van der Waals surface area contributed by atoms with E-state index in [9.17, 15) is 0 Å². The molecule has 24 heavy (non-hydrogen) atoms. The fourth-order valence-corrected chi connectivity index (χ4v) is 2.81.